The van der Waals surface area contributed by atoms with Gasteiger partial charge in [-0.25, -0.2) is 0 Å². The molecule has 0 saturated carbocycles. The lowest BCUT2D eigenvalue weighted by Gasteiger charge is -1.82. The minimum atomic E-state index is -4.67. The highest BCUT2D eigenvalue weighted by Crippen LogP contribution is 1.92. The molecule has 4 N–H and O–H groups in total. The summed E-state index contributed by atoms with van der Waals surface area (Å²) in [6.07, 6.45) is 3.64. The minimum absolute atomic E-state index is 0.903. The first-order chi connectivity index (χ1) is 10.2. The van der Waals surface area contributed by atoms with Crippen LogP contribution in [0, 0.1) is 6.92 Å². The van der Waals surface area contributed by atoms with E-state index in [-0.39, 0.29) is 0 Å². The third kappa shape index (κ3) is 51.4. The monoisotopic (exact) mass is 332 g/mol. The Kier molecular flexibility index (Phi) is 22.5. The molecule has 1 aromatic carbocycles. The molecular formula is C15H28N2O4S. The van der Waals surface area contributed by atoms with Crippen molar-refractivity contribution in [2.24, 2.45) is 0 Å². The fraction of sp³-hybridized carbons (Fsp3) is 0.333. The zero-order valence-corrected chi connectivity index (χ0v) is 14.3. The van der Waals surface area contributed by atoms with Crippen molar-refractivity contribution in [2.45, 2.75) is 6.92 Å². The summed E-state index contributed by atoms with van der Waals surface area (Å²) >= 11 is 0. The van der Waals surface area contributed by atoms with Crippen molar-refractivity contribution in [1.82, 2.24) is 10.6 Å². The predicted octanol–water partition coefficient (Wildman–Crippen LogP) is 2.13. The van der Waals surface area contributed by atoms with Crippen LogP contribution in [0.2, 0.25) is 0 Å². The fourth-order valence-electron chi connectivity index (χ4n) is 0.823. The molecule has 22 heavy (non-hydrogen) atoms. The Morgan fingerprint density at radius 3 is 1.41 bits per heavy atom. The van der Waals surface area contributed by atoms with Gasteiger partial charge in [0.15, 0.2) is 0 Å². The van der Waals surface area contributed by atoms with E-state index in [1.807, 2.05) is 44.4 Å². The van der Waals surface area contributed by atoms with Gasteiger partial charge in [0.1, 0.15) is 0 Å². The molecule has 0 amide bonds. The fourth-order valence-corrected chi connectivity index (χ4v) is 0.823. The molecule has 7 heteroatoms. The van der Waals surface area contributed by atoms with Gasteiger partial charge in [-0.05, 0) is 21.0 Å². The van der Waals surface area contributed by atoms with Gasteiger partial charge in [-0.2, -0.15) is 8.42 Å². The van der Waals surface area contributed by atoms with Gasteiger partial charge >= 0.3 is 10.4 Å². The van der Waals surface area contributed by atoms with E-state index in [2.05, 4.69) is 42.8 Å². The highest BCUT2D eigenvalue weighted by Gasteiger charge is 1.84. The van der Waals surface area contributed by atoms with Crippen molar-refractivity contribution < 1.29 is 17.5 Å². The van der Waals surface area contributed by atoms with E-state index < -0.39 is 10.4 Å². The van der Waals surface area contributed by atoms with Crippen molar-refractivity contribution in [1.29, 1.82) is 0 Å². The molecule has 0 radical (unpaired) electrons. The van der Waals surface area contributed by atoms with Gasteiger partial charge < -0.3 is 10.6 Å². The van der Waals surface area contributed by atoms with Crippen LogP contribution in [-0.2, 0) is 10.4 Å². The van der Waals surface area contributed by atoms with Crippen LogP contribution in [0.1, 0.15) is 5.56 Å². The molecule has 1 aromatic rings. The number of likely N-dealkylation sites (N-methyl/N-ethyl adjacent to an activating group) is 2. The van der Waals surface area contributed by atoms with Crippen molar-refractivity contribution in [3.8, 4) is 0 Å². The maximum atomic E-state index is 8.74. The lowest BCUT2D eigenvalue weighted by Crippen LogP contribution is -2.02. The summed E-state index contributed by atoms with van der Waals surface area (Å²) in [5.74, 6) is 0. The summed E-state index contributed by atoms with van der Waals surface area (Å²) in [5.41, 5.74) is 1.32. The Hall–Kier alpha value is -1.51. The maximum Gasteiger partial charge on any atom is 0.394 e. The largest absolute Gasteiger partial charge is 0.394 e. The van der Waals surface area contributed by atoms with E-state index in [0.717, 1.165) is 13.1 Å². The standard InChI is InChI=1S/C7H8.2C4H9N.H2O4S/c1-7-5-3-2-4-6-7;2*1-3-4-5-2;1-5(2,3)4/h2-6H,1H3;2*3,5H,1,4H2,2H3;(H2,1,2,3,4). The molecule has 0 aliphatic heterocycles. The van der Waals surface area contributed by atoms with Crippen molar-refractivity contribution in [2.75, 3.05) is 27.2 Å². The molecule has 0 unspecified atom stereocenters. The first-order valence-electron chi connectivity index (χ1n) is 6.45. The number of benzene rings is 1. The third-order valence-corrected chi connectivity index (χ3v) is 1.64. The lowest BCUT2D eigenvalue weighted by atomic mass is 10.2. The van der Waals surface area contributed by atoms with Gasteiger partial charge in [-0.3, -0.25) is 9.11 Å². The van der Waals surface area contributed by atoms with Crippen molar-refractivity contribution >= 4 is 10.4 Å². The highest BCUT2D eigenvalue weighted by molar-refractivity contribution is 7.79. The number of hydrogen-bond donors (Lipinski definition) is 4. The Labute approximate surface area is 134 Å². The zero-order chi connectivity index (χ0) is 17.9. The number of hydrogen-bond acceptors (Lipinski definition) is 4. The first kappa shape index (κ1) is 25.4. The lowest BCUT2D eigenvalue weighted by molar-refractivity contribution is 0.381. The van der Waals surface area contributed by atoms with E-state index >= 15 is 0 Å². The second kappa shape index (κ2) is 19.5. The molecule has 0 aromatic heterocycles. The van der Waals surface area contributed by atoms with E-state index in [1.165, 1.54) is 5.56 Å². The van der Waals surface area contributed by atoms with Crippen LogP contribution < -0.4 is 10.6 Å². The quantitative estimate of drug-likeness (QED) is 0.498. The molecule has 128 valence electrons. The summed E-state index contributed by atoms with van der Waals surface area (Å²) in [5, 5.41) is 5.80. The molecule has 0 fully saturated rings. The third-order valence-electron chi connectivity index (χ3n) is 1.64. The Bertz CT molecular complexity index is 430. The summed E-state index contributed by atoms with van der Waals surface area (Å²) in [4.78, 5) is 0. The van der Waals surface area contributed by atoms with Gasteiger partial charge in [-0.1, -0.05) is 48.0 Å². The molecule has 0 spiro atoms. The minimum Gasteiger partial charge on any atom is -0.316 e. The van der Waals surface area contributed by atoms with Crippen molar-refractivity contribution in [3.05, 3.63) is 61.2 Å². The molecule has 0 heterocycles. The van der Waals surface area contributed by atoms with Crippen LogP contribution in [-0.4, -0.2) is 44.7 Å². The van der Waals surface area contributed by atoms with Gasteiger partial charge in [-0.15, -0.1) is 13.2 Å². The Balaban J connectivity index is -0.000000223. The average molecular weight is 332 g/mol. The molecular weight excluding hydrogens is 304 g/mol. The van der Waals surface area contributed by atoms with Crippen LogP contribution in [0.25, 0.3) is 0 Å². The number of nitrogens with one attached hydrogen (secondary N) is 2. The zero-order valence-electron chi connectivity index (χ0n) is 13.5. The molecule has 6 nitrogen and oxygen atoms in total. The van der Waals surface area contributed by atoms with Gasteiger partial charge in [0.2, 0.25) is 0 Å². The van der Waals surface area contributed by atoms with Crippen LogP contribution in [0.3, 0.4) is 0 Å². The van der Waals surface area contributed by atoms with Crippen LogP contribution in [0.5, 0.6) is 0 Å². The van der Waals surface area contributed by atoms with Crippen LogP contribution in [0.4, 0.5) is 0 Å². The summed E-state index contributed by atoms with van der Waals surface area (Å²) in [7, 11) is -0.886. The average Bonchev–Trinajstić information content (AvgIpc) is 2.41. The first-order valence-corrected chi connectivity index (χ1v) is 7.85. The Morgan fingerprint density at radius 2 is 1.32 bits per heavy atom. The molecule has 0 saturated heterocycles. The number of rotatable bonds is 4. The molecule has 1 rings (SSSR count). The van der Waals surface area contributed by atoms with E-state index in [1.54, 1.807) is 0 Å². The second-order valence-electron chi connectivity index (χ2n) is 3.80. The molecule has 0 bridgehead atoms. The van der Waals surface area contributed by atoms with Crippen LogP contribution in [0.15, 0.2) is 55.6 Å². The van der Waals surface area contributed by atoms with Gasteiger partial charge in [0.25, 0.3) is 0 Å². The highest BCUT2D eigenvalue weighted by atomic mass is 32.3. The Morgan fingerprint density at radius 1 is 1.00 bits per heavy atom. The molecule has 0 atom stereocenters. The van der Waals surface area contributed by atoms with E-state index in [9.17, 15) is 0 Å². The molecule has 0 aliphatic rings. The summed E-state index contributed by atoms with van der Waals surface area (Å²) < 4.78 is 31.6. The summed E-state index contributed by atoms with van der Waals surface area (Å²) in [6.45, 7) is 10.9. The normalized spacial score (nSPS) is 8.77. The topological polar surface area (TPSA) is 98.7 Å². The van der Waals surface area contributed by atoms with E-state index in [0.29, 0.717) is 0 Å². The second-order valence-corrected chi connectivity index (χ2v) is 4.69. The number of aryl methyl sites for hydroxylation is 1. The molecule has 0 aliphatic carbocycles. The van der Waals surface area contributed by atoms with Gasteiger partial charge in [0, 0.05) is 13.1 Å². The smallest absolute Gasteiger partial charge is 0.316 e. The SMILES string of the molecule is C=CCNC.C=CCNC.Cc1ccccc1.O=S(=O)(O)O. The van der Waals surface area contributed by atoms with Crippen LogP contribution >= 0.6 is 0 Å². The van der Waals surface area contributed by atoms with E-state index in [4.69, 9.17) is 17.5 Å². The maximum absolute atomic E-state index is 8.74. The predicted molar refractivity (Wildman–Crippen MR) is 93.6 cm³/mol. The summed E-state index contributed by atoms with van der Waals surface area (Å²) in [6, 6.07) is 10.3. The van der Waals surface area contributed by atoms with Crippen molar-refractivity contribution in [3.63, 3.8) is 0 Å². The van der Waals surface area contributed by atoms with Gasteiger partial charge in [0.05, 0.1) is 0 Å².